The molecule has 0 aliphatic carbocycles. The number of nitrogens with one attached hydrogen (secondary N) is 1. The highest BCUT2D eigenvalue weighted by Crippen LogP contribution is 2.22. The quantitative estimate of drug-likeness (QED) is 0.151. The van der Waals surface area contributed by atoms with Crippen LogP contribution in [0.25, 0.3) is 11.0 Å². The molecule has 1 atom stereocenters. The summed E-state index contributed by atoms with van der Waals surface area (Å²) in [6, 6.07) is 14.6. The standard InChI is InChI=1S/C27H33ClN2O5/c1-3-30(4-2)14-5-15-34-24-12-7-19(8-13-24)6-9-21(26(31)29-33)17-22-16-20-10-11-23(28)18-25(20)35-27(22)32/h7-8,10-13,16,18,21,33H,3-6,9,14-15,17H2,1-2H3,(H,29,31). The molecule has 8 heteroatoms. The van der Waals surface area contributed by atoms with E-state index in [1.165, 1.54) is 0 Å². The number of hydroxylamine groups is 1. The van der Waals surface area contributed by atoms with Gasteiger partial charge in [0.25, 0.3) is 0 Å². The van der Waals surface area contributed by atoms with Crippen LogP contribution in [-0.2, 0) is 17.6 Å². The Morgan fingerprint density at radius 1 is 1.14 bits per heavy atom. The molecule has 0 saturated heterocycles. The Morgan fingerprint density at radius 2 is 1.89 bits per heavy atom. The lowest BCUT2D eigenvalue weighted by atomic mass is 9.92. The van der Waals surface area contributed by atoms with Gasteiger partial charge in [-0.3, -0.25) is 10.0 Å². The highest BCUT2D eigenvalue weighted by atomic mass is 35.5. The summed E-state index contributed by atoms with van der Waals surface area (Å²) in [4.78, 5) is 27.1. The number of fused-ring (bicyclic) bond motifs is 1. The largest absolute Gasteiger partial charge is 0.494 e. The van der Waals surface area contributed by atoms with Gasteiger partial charge in [0.1, 0.15) is 11.3 Å². The third-order valence-electron chi connectivity index (χ3n) is 6.20. The normalized spacial score (nSPS) is 12.1. The molecule has 0 bridgehead atoms. The second-order valence-corrected chi connectivity index (χ2v) is 8.97. The van der Waals surface area contributed by atoms with Gasteiger partial charge in [0.05, 0.1) is 6.61 Å². The van der Waals surface area contributed by atoms with E-state index >= 15 is 0 Å². The van der Waals surface area contributed by atoms with Crippen molar-refractivity contribution in [1.29, 1.82) is 0 Å². The van der Waals surface area contributed by atoms with Gasteiger partial charge < -0.3 is 14.1 Å². The van der Waals surface area contributed by atoms with E-state index < -0.39 is 17.5 Å². The van der Waals surface area contributed by atoms with Gasteiger partial charge >= 0.3 is 5.63 Å². The number of carbonyl (C=O) groups is 1. The first-order valence-electron chi connectivity index (χ1n) is 12.0. The molecular weight excluding hydrogens is 468 g/mol. The monoisotopic (exact) mass is 500 g/mol. The molecule has 0 saturated carbocycles. The number of hydrogen-bond acceptors (Lipinski definition) is 6. The van der Waals surface area contributed by atoms with Gasteiger partial charge in [0.2, 0.25) is 5.91 Å². The van der Waals surface area contributed by atoms with Crippen molar-refractivity contribution in [1.82, 2.24) is 10.4 Å². The maximum atomic E-state index is 12.5. The minimum absolute atomic E-state index is 0.154. The average Bonchev–Trinajstić information content (AvgIpc) is 2.87. The van der Waals surface area contributed by atoms with Crippen LogP contribution in [0.5, 0.6) is 5.75 Å². The van der Waals surface area contributed by atoms with Crippen molar-refractivity contribution >= 4 is 28.5 Å². The highest BCUT2D eigenvalue weighted by Gasteiger charge is 2.21. The molecule has 1 heterocycles. The van der Waals surface area contributed by atoms with Gasteiger partial charge in [-0.25, -0.2) is 10.3 Å². The number of hydrogen-bond donors (Lipinski definition) is 2. The van der Waals surface area contributed by atoms with Crippen LogP contribution in [0.15, 0.2) is 57.7 Å². The van der Waals surface area contributed by atoms with Gasteiger partial charge in [-0.2, -0.15) is 0 Å². The van der Waals surface area contributed by atoms with E-state index in [-0.39, 0.29) is 6.42 Å². The Labute approximate surface area is 210 Å². The maximum absolute atomic E-state index is 12.5. The molecule has 2 N–H and O–H groups in total. The van der Waals surface area contributed by atoms with Crippen LogP contribution in [-0.4, -0.2) is 42.3 Å². The molecule has 188 valence electrons. The predicted molar refractivity (Wildman–Crippen MR) is 137 cm³/mol. The third-order valence-corrected chi connectivity index (χ3v) is 6.44. The number of ether oxygens (including phenoxy) is 1. The topological polar surface area (TPSA) is 92.0 Å². The fourth-order valence-corrected chi connectivity index (χ4v) is 4.23. The van der Waals surface area contributed by atoms with Crippen molar-refractivity contribution in [2.24, 2.45) is 5.92 Å². The molecule has 1 unspecified atom stereocenters. The van der Waals surface area contributed by atoms with Crippen molar-refractivity contribution in [2.75, 3.05) is 26.2 Å². The minimum atomic E-state index is -0.594. The number of halogens is 1. The van der Waals surface area contributed by atoms with Gasteiger partial charge in [-0.1, -0.05) is 37.6 Å². The van der Waals surface area contributed by atoms with Crippen molar-refractivity contribution in [3.05, 3.63) is 75.1 Å². The number of amides is 1. The molecule has 3 rings (SSSR count). The van der Waals surface area contributed by atoms with Crippen LogP contribution in [0.1, 0.15) is 37.8 Å². The lowest BCUT2D eigenvalue weighted by Gasteiger charge is -2.17. The number of nitrogens with zero attached hydrogens (tertiary/aromatic N) is 1. The average molecular weight is 501 g/mol. The first kappa shape index (κ1) is 26.7. The van der Waals surface area contributed by atoms with Gasteiger partial charge in [0.15, 0.2) is 0 Å². The van der Waals surface area contributed by atoms with E-state index in [9.17, 15) is 14.8 Å². The summed E-state index contributed by atoms with van der Waals surface area (Å²) in [7, 11) is 0. The van der Waals surface area contributed by atoms with Crippen LogP contribution >= 0.6 is 11.6 Å². The SMILES string of the molecule is CCN(CC)CCCOc1ccc(CCC(Cc2cc3ccc(Cl)cc3oc2=O)C(=O)NO)cc1. The van der Waals surface area contributed by atoms with Gasteiger partial charge in [0, 0.05) is 34.5 Å². The molecule has 0 spiro atoms. The molecule has 0 radical (unpaired) electrons. The Bertz CT molecular complexity index is 1160. The van der Waals surface area contributed by atoms with Crippen LogP contribution in [0.2, 0.25) is 5.02 Å². The zero-order chi connectivity index (χ0) is 25.2. The van der Waals surface area contributed by atoms with Crippen molar-refractivity contribution in [2.45, 2.75) is 39.5 Å². The second-order valence-electron chi connectivity index (χ2n) is 8.53. The van der Waals surface area contributed by atoms with Crippen molar-refractivity contribution in [3.8, 4) is 5.75 Å². The Hall–Kier alpha value is -2.87. The Balaban J connectivity index is 1.58. The zero-order valence-electron chi connectivity index (χ0n) is 20.3. The zero-order valence-corrected chi connectivity index (χ0v) is 21.0. The maximum Gasteiger partial charge on any atom is 0.339 e. The smallest absolute Gasteiger partial charge is 0.339 e. The molecule has 0 aliphatic rings. The molecular formula is C27H33ClN2O5. The molecule has 1 amide bonds. The minimum Gasteiger partial charge on any atom is -0.494 e. The predicted octanol–water partition coefficient (Wildman–Crippen LogP) is 4.85. The van der Waals surface area contributed by atoms with E-state index in [1.807, 2.05) is 24.3 Å². The molecule has 2 aromatic carbocycles. The summed E-state index contributed by atoms with van der Waals surface area (Å²) in [5, 5.41) is 10.4. The number of benzene rings is 2. The first-order chi connectivity index (χ1) is 16.9. The summed E-state index contributed by atoms with van der Waals surface area (Å²) in [6.45, 7) is 8.08. The van der Waals surface area contributed by atoms with E-state index in [0.717, 1.165) is 42.8 Å². The lowest BCUT2D eigenvalue weighted by Crippen LogP contribution is -2.31. The lowest BCUT2D eigenvalue weighted by molar-refractivity contribution is -0.133. The number of carbonyl (C=O) groups excluding carboxylic acids is 1. The number of aryl methyl sites for hydroxylation is 1. The highest BCUT2D eigenvalue weighted by molar-refractivity contribution is 6.31. The van der Waals surface area contributed by atoms with E-state index in [0.29, 0.717) is 35.6 Å². The fraction of sp³-hybridized carbons (Fsp3) is 0.407. The molecule has 1 aromatic heterocycles. The van der Waals surface area contributed by atoms with Gasteiger partial charge in [-0.15, -0.1) is 0 Å². The molecule has 7 nitrogen and oxygen atoms in total. The van der Waals surface area contributed by atoms with E-state index in [4.69, 9.17) is 20.8 Å². The summed E-state index contributed by atoms with van der Waals surface area (Å²) in [5.41, 5.74) is 3.02. The summed E-state index contributed by atoms with van der Waals surface area (Å²) >= 11 is 5.97. The summed E-state index contributed by atoms with van der Waals surface area (Å²) in [6.07, 6.45) is 2.18. The van der Waals surface area contributed by atoms with E-state index in [2.05, 4.69) is 18.7 Å². The van der Waals surface area contributed by atoms with Crippen LogP contribution < -0.4 is 15.8 Å². The van der Waals surface area contributed by atoms with E-state index in [1.54, 1.807) is 29.7 Å². The molecule has 35 heavy (non-hydrogen) atoms. The first-order valence-corrected chi connectivity index (χ1v) is 12.4. The molecule has 0 fully saturated rings. The number of rotatable bonds is 13. The molecule has 0 aliphatic heterocycles. The summed E-state index contributed by atoms with van der Waals surface area (Å²) in [5.74, 6) is -0.316. The van der Waals surface area contributed by atoms with Crippen molar-refractivity contribution in [3.63, 3.8) is 0 Å². The van der Waals surface area contributed by atoms with Crippen LogP contribution in [0.4, 0.5) is 0 Å². The molecule has 3 aromatic rings. The Kier molecular flexibility index (Phi) is 10.1. The second kappa shape index (κ2) is 13.3. The van der Waals surface area contributed by atoms with Crippen molar-refractivity contribution < 1.29 is 19.2 Å². The van der Waals surface area contributed by atoms with Crippen LogP contribution in [0, 0.1) is 5.92 Å². The fourth-order valence-electron chi connectivity index (χ4n) is 4.06. The summed E-state index contributed by atoms with van der Waals surface area (Å²) < 4.78 is 11.2. The van der Waals surface area contributed by atoms with Crippen LogP contribution in [0.3, 0.4) is 0 Å². The Morgan fingerprint density at radius 3 is 2.57 bits per heavy atom. The van der Waals surface area contributed by atoms with Gasteiger partial charge in [-0.05, 0) is 74.7 Å². The third kappa shape index (κ3) is 7.82.